The first-order chi connectivity index (χ1) is 14.1. The number of nitrogens with zero attached hydrogens (tertiary/aromatic N) is 4. The second-order valence-corrected chi connectivity index (χ2v) is 8.01. The van der Waals surface area contributed by atoms with Gasteiger partial charge in [0, 0.05) is 24.8 Å². The van der Waals surface area contributed by atoms with Gasteiger partial charge in [0.25, 0.3) is 5.56 Å². The van der Waals surface area contributed by atoms with Crippen LogP contribution < -0.4 is 25.2 Å². The largest absolute Gasteiger partial charge is 0.454 e. The summed E-state index contributed by atoms with van der Waals surface area (Å²) in [7, 11) is 0. The summed E-state index contributed by atoms with van der Waals surface area (Å²) in [6.07, 6.45) is 1.63. The first-order valence-corrected chi connectivity index (χ1v) is 10.2. The van der Waals surface area contributed by atoms with E-state index in [4.69, 9.17) is 9.47 Å². The van der Waals surface area contributed by atoms with Crippen molar-refractivity contribution in [3.63, 3.8) is 0 Å². The Morgan fingerprint density at radius 2 is 2.17 bits per heavy atom. The molecule has 1 atom stereocenters. The lowest BCUT2D eigenvalue weighted by Gasteiger charge is -2.22. The van der Waals surface area contributed by atoms with Gasteiger partial charge in [-0.3, -0.25) is 9.59 Å². The summed E-state index contributed by atoms with van der Waals surface area (Å²) in [5, 5.41) is 8.04. The van der Waals surface area contributed by atoms with Crippen LogP contribution in [-0.4, -0.2) is 39.9 Å². The van der Waals surface area contributed by atoms with E-state index in [0.29, 0.717) is 28.1 Å². The van der Waals surface area contributed by atoms with Gasteiger partial charge >= 0.3 is 0 Å². The molecule has 2 aliphatic rings. The zero-order chi connectivity index (χ0) is 20.0. The number of hydrogen-bond acceptors (Lipinski definition) is 8. The number of carbonyl (C=O) groups excluding carboxylic acids is 1. The molecular weight excluding hydrogens is 394 g/mol. The summed E-state index contributed by atoms with van der Waals surface area (Å²) in [6, 6.07) is 6.77. The number of fused-ring (bicyclic) bond motifs is 2. The first kappa shape index (κ1) is 17.9. The molecule has 2 aliphatic heterocycles. The summed E-state index contributed by atoms with van der Waals surface area (Å²) in [4.78, 5) is 31.9. The Morgan fingerprint density at radius 1 is 1.31 bits per heavy atom. The fourth-order valence-corrected chi connectivity index (χ4v) is 4.68. The molecule has 2 aromatic heterocycles. The normalized spacial score (nSPS) is 17.8. The SMILES string of the molecule is Cc1cc(=O)n2nc(N3CCC[C@H]3C(=O)NCc3ccc4c(c3)OCO4)sc2n1. The Bertz CT molecular complexity index is 1160. The molecule has 4 heterocycles. The number of amides is 1. The summed E-state index contributed by atoms with van der Waals surface area (Å²) in [5.41, 5.74) is 1.39. The molecule has 0 spiro atoms. The highest BCUT2D eigenvalue weighted by Gasteiger charge is 2.33. The molecule has 0 unspecified atom stereocenters. The predicted octanol–water partition coefficient (Wildman–Crippen LogP) is 1.47. The van der Waals surface area contributed by atoms with Gasteiger partial charge in [-0.25, -0.2) is 4.98 Å². The number of benzene rings is 1. The van der Waals surface area contributed by atoms with Gasteiger partial charge in [-0.05, 0) is 37.5 Å². The van der Waals surface area contributed by atoms with Gasteiger partial charge in [-0.2, -0.15) is 4.52 Å². The standard InChI is InChI=1S/C19H19N5O4S/c1-11-7-16(25)24-18(21-11)29-19(22-24)23-6-2-3-13(23)17(26)20-9-12-4-5-14-15(8-12)28-10-27-14/h4-5,7-8,13H,2-3,6,9-10H2,1H3,(H,20,26)/t13-/m0/s1. The summed E-state index contributed by atoms with van der Waals surface area (Å²) in [5.74, 6) is 1.36. The Morgan fingerprint density at radius 3 is 3.07 bits per heavy atom. The average Bonchev–Trinajstić information content (AvgIpc) is 3.43. The molecule has 0 radical (unpaired) electrons. The van der Waals surface area contributed by atoms with E-state index in [0.717, 1.165) is 30.7 Å². The molecule has 10 heteroatoms. The lowest BCUT2D eigenvalue weighted by atomic mass is 10.1. The minimum absolute atomic E-state index is 0.0593. The van der Waals surface area contributed by atoms with Gasteiger partial charge in [-0.15, -0.1) is 5.10 Å². The quantitative estimate of drug-likeness (QED) is 0.692. The van der Waals surface area contributed by atoms with Crippen LogP contribution in [0.5, 0.6) is 11.5 Å². The number of nitrogens with one attached hydrogen (secondary N) is 1. The minimum atomic E-state index is -0.318. The van der Waals surface area contributed by atoms with Crippen LogP contribution in [0.25, 0.3) is 4.96 Å². The van der Waals surface area contributed by atoms with Gasteiger partial charge in [0.2, 0.25) is 22.8 Å². The van der Waals surface area contributed by atoms with Crippen molar-refractivity contribution in [2.45, 2.75) is 32.4 Å². The zero-order valence-corrected chi connectivity index (χ0v) is 16.6. The second-order valence-electron chi connectivity index (χ2n) is 7.07. The number of rotatable bonds is 4. The van der Waals surface area contributed by atoms with E-state index < -0.39 is 0 Å². The number of hydrogen-bond donors (Lipinski definition) is 1. The topological polar surface area (TPSA) is 98.1 Å². The van der Waals surface area contributed by atoms with Gasteiger partial charge in [0.1, 0.15) is 6.04 Å². The molecule has 1 amide bonds. The van der Waals surface area contributed by atoms with Crippen molar-refractivity contribution in [2.24, 2.45) is 0 Å². The second kappa shape index (κ2) is 7.03. The lowest BCUT2D eigenvalue weighted by Crippen LogP contribution is -2.43. The molecule has 1 saturated heterocycles. The highest BCUT2D eigenvalue weighted by molar-refractivity contribution is 7.20. The highest BCUT2D eigenvalue weighted by atomic mass is 32.1. The Hall–Kier alpha value is -3.14. The first-order valence-electron chi connectivity index (χ1n) is 9.39. The monoisotopic (exact) mass is 413 g/mol. The van der Waals surface area contributed by atoms with E-state index in [1.807, 2.05) is 23.1 Å². The van der Waals surface area contributed by atoms with Crippen LogP contribution in [0.3, 0.4) is 0 Å². The van der Waals surface area contributed by atoms with Gasteiger partial charge in [0.15, 0.2) is 11.5 Å². The third kappa shape index (κ3) is 3.29. The number of aryl methyl sites for hydroxylation is 1. The highest BCUT2D eigenvalue weighted by Crippen LogP contribution is 2.33. The average molecular weight is 413 g/mol. The van der Waals surface area contributed by atoms with Crippen molar-refractivity contribution in [3.8, 4) is 11.5 Å². The number of ether oxygens (including phenoxy) is 2. The Kier molecular flexibility index (Phi) is 4.35. The lowest BCUT2D eigenvalue weighted by molar-refractivity contribution is -0.122. The maximum absolute atomic E-state index is 12.9. The van der Waals surface area contributed by atoms with Crippen LogP contribution in [0.1, 0.15) is 24.1 Å². The maximum Gasteiger partial charge on any atom is 0.275 e. The smallest absolute Gasteiger partial charge is 0.275 e. The van der Waals surface area contributed by atoms with E-state index in [-0.39, 0.29) is 24.3 Å². The Balaban J connectivity index is 1.32. The van der Waals surface area contributed by atoms with Crippen LogP contribution in [0.15, 0.2) is 29.1 Å². The van der Waals surface area contributed by atoms with Crippen LogP contribution in [0.4, 0.5) is 5.13 Å². The van der Waals surface area contributed by atoms with Crippen molar-refractivity contribution in [3.05, 3.63) is 45.9 Å². The molecule has 9 nitrogen and oxygen atoms in total. The van der Waals surface area contributed by atoms with E-state index in [1.165, 1.54) is 21.9 Å². The van der Waals surface area contributed by atoms with Crippen molar-refractivity contribution in [2.75, 3.05) is 18.2 Å². The van der Waals surface area contributed by atoms with Gasteiger partial charge < -0.3 is 19.7 Å². The minimum Gasteiger partial charge on any atom is -0.454 e. The maximum atomic E-state index is 12.9. The van der Waals surface area contributed by atoms with E-state index in [2.05, 4.69) is 15.4 Å². The van der Waals surface area contributed by atoms with Crippen LogP contribution in [0.2, 0.25) is 0 Å². The number of anilines is 1. The molecule has 5 rings (SSSR count). The number of carbonyl (C=O) groups is 1. The Labute approximate surface area is 169 Å². The molecule has 29 heavy (non-hydrogen) atoms. The molecule has 1 aromatic carbocycles. The zero-order valence-electron chi connectivity index (χ0n) is 15.8. The van der Waals surface area contributed by atoms with Gasteiger partial charge in [0.05, 0.1) is 0 Å². The van der Waals surface area contributed by atoms with E-state index >= 15 is 0 Å². The summed E-state index contributed by atoms with van der Waals surface area (Å²) in [6.45, 7) is 3.13. The van der Waals surface area contributed by atoms with Crippen LogP contribution in [0, 0.1) is 6.92 Å². The predicted molar refractivity (Wildman–Crippen MR) is 107 cm³/mol. The summed E-state index contributed by atoms with van der Waals surface area (Å²) >= 11 is 1.33. The fraction of sp³-hybridized carbons (Fsp3) is 0.368. The molecule has 1 N–H and O–H groups in total. The van der Waals surface area contributed by atoms with Crippen molar-refractivity contribution in [1.82, 2.24) is 19.9 Å². The third-order valence-corrected chi connectivity index (χ3v) is 6.01. The molecule has 0 bridgehead atoms. The molecule has 0 saturated carbocycles. The number of aromatic nitrogens is 3. The van der Waals surface area contributed by atoms with E-state index in [9.17, 15) is 9.59 Å². The molecule has 3 aromatic rings. The van der Waals surface area contributed by atoms with Gasteiger partial charge in [-0.1, -0.05) is 17.4 Å². The molecule has 150 valence electrons. The van der Waals surface area contributed by atoms with Crippen LogP contribution in [-0.2, 0) is 11.3 Å². The van der Waals surface area contributed by atoms with Crippen molar-refractivity contribution in [1.29, 1.82) is 0 Å². The molecule has 0 aliphatic carbocycles. The molecule has 1 fully saturated rings. The summed E-state index contributed by atoms with van der Waals surface area (Å²) < 4.78 is 12.0. The van der Waals surface area contributed by atoms with Crippen molar-refractivity contribution >= 4 is 27.3 Å². The van der Waals surface area contributed by atoms with Crippen LogP contribution >= 0.6 is 11.3 Å². The van der Waals surface area contributed by atoms with Crippen molar-refractivity contribution < 1.29 is 14.3 Å². The molecular formula is C19H19N5O4S. The van der Waals surface area contributed by atoms with E-state index in [1.54, 1.807) is 6.92 Å². The fourth-order valence-electron chi connectivity index (χ4n) is 3.65. The third-order valence-electron chi connectivity index (χ3n) is 5.07.